The largest absolute Gasteiger partial charge is 0.310 e. The van der Waals surface area contributed by atoms with E-state index in [-0.39, 0.29) is 5.41 Å². The fraction of sp³-hybridized carbons (Fsp3) is 0.0588. The summed E-state index contributed by atoms with van der Waals surface area (Å²) in [5, 5.41) is 7.87. The SMILES string of the molecule is CC1(C)c2ccccc2-c2ccc(N(c3ccc4c(c3)-c3ccccc3-c3ccccc3C43c4ccccc4-c4c3cc3ccc5cccc6ccc4c3c56)c3ccccc3-c3ccccc3)cc21. The van der Waals surface area contributed by atoms with Crippen LogP contribution in [0, 0.1) is 0 Å². The lowest BCUT2D eigenvalue weighted by Gasteiger charge is -2.36. The van der Waals surface area contributed by atoms with Gasteiger partial charge in [-0.05, 0) is 152 Å². The lowest BCUT2D eigenvalue weighted by molar-refractivity contribution is 0.660. The van der Waals surface area contributed by atoms with Crippen molar-refractivity contribution in [3.63, 3.8) is 0 Å². The molecule has 0 aromatic heterocycles. The third-order valence-corrected chi connectivity index (χ3v) is 16.2. The van der Waals surface area contributed by atoms with Gasteiger partial charge in [0.15, 0.2) is 0 Å². The Balaban J connectivity index is 1.05. The minimum Gasteiger partial charge on any atom is -0.310 e. The molecule has 3 aliphatic carbocycles. The smallest absolute Gasteiger partial charge is 0.0726 e. The van der Waals surface area contributed by atoms with E-state index < -0.39 is 5.41 Å². The molecule has 322 valence electrons. The maximum Gasteiger partial charge on any atom is 0.0726 e. The van der Waals surface area contributed by atoms with Crippen LogP contribution in [0.5, 0.6) is 0 Å². The molecule has 0 bridgehead atoms. The zero-order chi connectivity index (χ0) is 45.6. The first kappa shape index (κ1) is 38.6. The Morgan fingerprint density at radius 2 is 0.841 bits per heavy atom. The molecule has 12 aromatic carbocycles. The number of fused-ring (bicyclic) bond motifs is 16. The number of hydrogen-bond acceptors (Lipinski definition) is 1. The van der Waals surface area contributed by atoms with Gasteiger partial charge in [0.2, 0.25) is 0 Å². The summed E-state index contributed by atoms with van der Waals surface area (Å²) in [5.41, 5.74) is 23.3. The van der Waals surface area contributed by atoms with Gasteiger partial charge in [-0.25, -0.2) is 0 Å². The summed E-state index contributed by atoms with van der Waals surface area (Å²) < 4.78 is 0. The van der Waals surface area contributed by atoms with Crippen LogP contribution in [0.3, 0.4) is 0 Å². The zero-order valence-corrected chi connectivity index (χ0v) is 38.5. The molecular weight excluding hydrogens is 831 g/mol. The topological polar surface area (TPSA) is 3.24 Å². The monoisotopic (exact) mass is 875 g/mol. The molecule has 0 saturated carbocycles. The van der Waals surface area contributed by atoms with Crippen molar-refractivity contribution in [2.75, 3.05) is 4.90 Å². The highest BCUT2D eigenvalue weighted by Gasteiger charge is 2.50. The summed E-state index contributed by atoms with van der Waals surface area (Å²) in [6.45, 7) is 4.76. The Morgan fingerprint density at radius 3 is 1.61 bits per heavy atom. The standard InChI is InChI=1S/C68H45N/c1-67(2)57-27-12-8-25-52(57)53-37-34-47(41-61(53)67)69(63-30-15-11-21-48(63)42-17-4-3-5-18-42)46-35-38-60-56(40-46)50-23-7-6-22-49(50)51-24-9-13-28-58(51)68(60)59-29-14-10-26-54(59)66-55-36-33-44-20-16-19-43-31-32-45(39-62(66)68)65(55)64(43)44/h3-41H,1-2H3. The fourth-order valence-corrected chi connectivity index (χ4v) is 13.3. The third kappa shape index (κ3) is 5.09. The number of nitrogens with zero attached hydrogens (tertiary/aromatic N) is 1. The molecule has 1 spiro atoms. The molecule has 0 aliphatic heterocycles. The van der Waals surface area contributed by atoms with Crippen molar-refractivity contribution in [2.45, 2.75) is 24.7 Å². The van der Waals surface area contributed by atoms with E-state index >= 15 is 0 Å². The van der Waals surface area contributed by atoms with Crippen LogP contribution < -0.4 is 4.90 Å². The van der Waals surface area contributed by atoms with E-state index in [4.69, 9.17) is 0 Å². The van der Waals surface area contributed by atoms with E-state index in [0.717, 1.165) is 17.1 Å². The van der Waals surface area contributed by atoms with Crippen molar-refractivity contribution < 1.29 is 0 Å². The predicted octanol–water partition coefficient (Wildman–Crippen LogP) is 18.0. The molecule has 1 atom stereocenters. The lowest BCUT2D eigenvalue weighted by atomic mass is 9.65. The van der Waals surface area contributed by atoms with E-state index in [1.807, 2.05) is 0 Å². The summed E-state index contributed by atoms with van der Waals surface area (Å²) in [5.74, 6) is 0. The molecule has 0 radical (unpaired) electrons. The van der Waals surface area contributed by atoms with Gasteiger partial charge >= 0.3 is 0 Å². The van der Waals surface area contributed by atoms with E-state index in [9.17, 15) is 0 Å². The highest BCUT2D eigenvalue weighted by molar-refractivity contribution is 6.27. The summed E-state index contributed by atoms with van der Waals surface area (Å²) >= 11 is 0. The highest BCUT2D eigenvalue weighted by Crippen LogP contribution is 2.64. The van der Waals surface area contributed by atoms with E-state index in [2.05, 4.69) is 255 Å². The Morgan fingerprint density at radius 1 is 0.304 bits per heavy atom. The van der Waals surface area contributed by atoms with Gasteiger partial charge in [0.05, 0.1) is 11.1 Å². The van der Waals surface area contributed by atoms with Crippen LogP contribution in [0.4, 0.5) is 17.1 Å². The maximum absolute atomic E-state index is 2.56. The van der Waals surface area contributed by atoms with Crippen LogP contribution >= 0.6 is 0 Å². The molecule has 1 unspecified atom stereocenters. The number of anilines is 3. The van der Waals surface area contributed by atoms with Crippen LogP contribution in [-0.4, -0.2) is 0 Å². The van der Waals surface area contributed by atoms with Crippen LogP contribution in [0.2, 0.25) is 0 Å². The minimum atomic E-state index is -0.629. The van der Waals surface area contributed by atoms with E-state index in [0.29, 0.717) is 0 Å². The molecule has 3 aliphatic rings. The lowest BCUT2D eigenvalue weighted by Crippen LogP contribution is -2.29. The summed E-state index contributed by atoms with van der Waals surface area (Å²) in [6, 6.07) is 89.7. The zero-order valence-electron chi connectivity index (χ0n) is 38.5. The second-order valence-corrected chi connectivity index (χ2v) is 19.9. The molecule has 0 saturated heterocycles. The first-order valence-corrected chi connectivity index (χ1v) is 24.3. The molecule has 0 amide bonds. The maximum atomic E-state index is 2.56. The second-order valence-electron chi connectivity index (χ2n) is 19.9. The van der Waals surface area contributed by atoms with Crippen molar-refractivity contribution in [2.24, 2.45) is 0 Å². The van der Waals surface area contributed by atoms with Crippen LogP contribution in [-0.2, 0) is 10.8 Å². The first-order chi connectivity index (χ1) is 34.0. The quantitative estimate of drug-likeness (QED) is 0.159. The average molecular weight is 876 g/mol. The van der Waals surface area contributed by atoms with Crippen molar-refractivity contribution in [3.05, 3.63) is 270 Å². The van der Waals surface area contributed by atoms with Crippen molar-refractivity contribution in [1.82, 2.24) is 0 Å². The van der Waals surface area contributed by atoms with Gasteiger partial charge in [0.25, 0.3) is 0 Å². The van der Waals surface area contributed by atoms with Gasteiger partial charge in [0.1, 0.15) is 0 Å². The molecule has 0 fully saturated rings. The predicted molar refractivity (Wildman–Crippen MR) is 290 cm³/mol. The first-order valence-electron chi connectivity index (χ1n) is 24.3. The van der Waals surface area contributed by atoms with Gasteiger partial charge in [-0.2, -0.15) is 0 Å². The molecule has 1 nitrogen and oxygen atoms in total. The van der Waals surface area contributed by atoms with Crippen LogP contribution in [0.1, 0.15) is 47.2 Å². The van der Waals surface area contributed by atoms with Crippen molar-refractivity contribution in [3.8, 4) is 55.6 Å². The van der Waals surface area contributed by atoms with Crippen LogP contribution in [0.25, 0.3) is 88.0 Å². The Bertz CT molecular complexity index is 4100. The molecule has 0 heterocycles. The summed E-state index contributed by atoms with van der Waals surface area (Å²) in [7, 11) is 0. The molecule has 69 heavy (non-hydrogen) atoms. The Labute approximate surface area is 402 Å². The Hall–Kier alpha value is -8.52. The molecule has 12 aromatic rings. The fourth-order valence-electron chi connectivity index (χ4n) is 13.3. The second kappa shape index (κ2) is 14.0. The van der Waals surface area contributed by atoms with Crippen molar-refractivity contribution in [1.29, 1.82) is 0 Å². The summed E-state index contributed by atoms with van der Waals surface area (Å²) in [6.07, 6.45) is 0. The minimum absolute atomic E-state index is 0.160. The normalized spacial score (nSPS) is 15.6. The molecule has 15 rings (SSSR count). The van der Waals surface area contributed by atoms with Crippen molar-refractivity contribution >= 4 is 49.4 Å². The third-order valence-electron chi connectivity index (χ3n) is 16.2. The number of rotatable bonds is 4. The number of benzene rings is 12. The molecule has 1 heteroatoms. The highest BCUT2D eigenvalue weighted by atomic mass is 15.1. The average Bonchev–Trinajstić information content (AvgIpc) is 3.78. The van der Waals surface area contributed by atoms with Gasteiger partial charge in [-0.3, -0.25) is 0 Å². The van der Waals surface area contributed by atoms with Gasteiger partial charge < -0.3 is 4.90 Å². The Kier molecular flexibility index (Phi) is 7.83. The number of para-hydroxylation sites is 1. The van der Waals surface area contributed by atoms with Gasteiger partial charge in [-0.15, -0.1) is 0 Å². The molecular formula is C68H45N. The number of hydrogen-bond donors (Lipinski definition) is 0. The van der Waals surface area contributed by atoms with Gasteiger partial charge in [-0.1, -0.05) is 214 Å². The van der Waals surface area contributed by atoms with E-state index in [1.165, 1.54) is 121 Å². The van der Waals surface area contributed by atoms with E-state index in [1.54, 1.807) is 0 Å². The van der Waals surface area contributed by atoms with Crippen LogP contribution in [0.15, 0.2) is 237 Å². The van der Waals surface area contributed by atoms with Gasteiger partial charge in [0, 0.05) is 22.4 Å². The summed E-state index contributed by atoms with van der Waals surface area (Å²) in [4.78, 5) is 2.52. The molecule has 0 N–H and O–H groups in total.